The van der Waals surface area contributed by atoms with Gasteiger partial charge < -0.3 is 35.4 Å². The van der Waals surface area contributed by atoms with Gasteiger partial charge in [0.25, 0.3) is 5.91 Å². The maximum atomic E-state index is 14.6. The van der Waals surface area contributed by atoms with Crippen LogP contribution >= 0.6 is 11.3 Å². The van der Waals surface area contributed by atoms with Crippen LogP contribution in [0.3, 0.4) is 0 Å². The smallest absolute Gasteiger partial charge is 0.308 e. The third kappa shape index (κ3) is 14.5. The van der Waals surface area contributed by atoms with E-state index < -0.39 is 30.1 Å². The number of aromatic hydroxyl groups is 1. The van der Waals surface area contributed by atoms with Crippen LogP contribution in [0.15, 0.2) is 29.6 Å². The van der Waals surface area contributed by atoms with Gasteiger partial charge in [0.15, 0.2) is 0 Å². The van der Waals surface area contributed by atoms with Gasteiger partial charge in [-0.25, -0.2) is 4.98 Å². The van der Waals surface area contributed by atoms with Gasteiger partial charge in [0.05, 0.1) is 19.1 Å². The SMILES string of the molecule is CCCO[C@H](C[C@H](C(C)C)N(CCC)C(=O)[C@@H](NC(=O)[C@@H](NC)[C@@H](C)CC)[C@@H](C)CC)c1nc(C(=O)N[C@@H](Cc2ccc(O)cc2)C[C@H](C)C(=O)OC)cs1. The van der Waals surface area contributed by atoms with Crippen LogP contribution in [0, 0.1) is 23.7 Å². The van der Waals surface area contributed by atoms with Gasteiger partial charge in [-0.3, -0.25) is 19.2 Å². The van der Waals surface area contributed by atoms with E-state index in [0.717, 1.165) is 31.2 Å². The number of carbonyl (C=O) groups excluding carboxylic acids is 4. The lowest BCUT2D eigenvalue weighted by Crippen LogP contribution is -2.59. The number of methoxy groups -OCH3 is 1. The van der Waals surface area contributed by atoms with E-state index in [9.17, 15) is 24.3 Å². The van der Waals surface area contributed by atoms with E-state index in [-0.39, 0.29) is 58.9 Å². The summed E-state index contributed by atoms with van der Waals surface area (Å²) >= 11 is 1.35. The quantitative estimate of drug-likeness (QED) is 0.0807. The maximum Gasteiger partial charge on any atom is 0.308 e. The summed E-state index contributed by atoms with van der Waals surface area (Å²) in [6.07, 6.45) is 3.84. The van der Waals surface area contributed by atoms with Gasteiger partial charge >= 0.3 is 5.97 Å². The summed E-state index contributed by atoms with van der Waals surface area (Å²) in [7, 11) is 3.12. The predicted octanol–water partition coefficient (Wildman–Crippen LogP) is 6.68. The van der Waals surface area contributed by atoms with Gasteiger partial charge in [0.2, 0.25) is 11.8 Å². The Morgan fingerprint density at radius 2 is 1.53 bits per heavy atom. The number of nitrogens with one attached hydrogen (secondary N) is 3. The van der Waals surface area contributed by atoms with E-state index >= 15 is 0 Å². The molecule has 2 rings (SSSR count). The minimum atomic E-state index is -0.688. The molecule has 0 bridgehead atoms. The highest BCUT2D eigenvalue weighted by Gasteiger charge is 2.38. The number of nitrogens with zero attached hydrogens (tertiary/aromatic N) is 2. The molecule has 8 atom stereocenters. The zero-order valence-electron chi connectivity index (χ0n) is 35.1. The van der Waals surface area contributed by atoms with Crippen molar-refractivity contribution < 1.29 is 33.8 Å². The summed E-state index contributed by atoms with van der Waals surface area (Å²) in [5, 5.41) is 21.5. The standard InChI is InChI=1S/C42H69N5O7S/c1-12-20-47(41(51)37(28(8)15-4)46-39(50)36(43-10)27(7)14-3)34(26(5)6)24-35(54-21-13-2)40-45-33(25-55-40)38(49)44-31(22-29(9)42(52)53-11)23-30-16-18-32(48)19-17-30/h16-19,25-29,31,34-37,43,48H,12-15,20-24H2,1-11H3,(H,44,49)(H,46,50)/t27-,28-,29-,31+,34+,35+,36-,37-/m0/s1. The van der Waals surface area contributed by atoms with Gasteiger partial charge in [-0.2, -0.15) is 0 Å². The van der Waals surface area contributed by atoms with Crippen molar-refractivity contribution >= 4 is 35.0 Å². The van der Waals surface area contributed by atoms with Crippen LogP contribution in [-0.4, -0.2) is 90.2 Å². The Bertz CT molecular complexity index is 1470. The summed E-state index contributed by atoms with van der Waals surface area (Å²) in [6, 6.07) is 5.02. The van der Waals surface area contributed by atoms with Crippen molar-refractivity contribution in [2.45, 2.75) is 138 Å². The molecule has 2 aromatic rings. The van der Waals surface area contributed by atoms with Gasteiger partial charge in [-0.1, -0.05) is 87.3 Å². The summed E-state index contributed by atoms with van der Waals surface area (Å²) in [4.78, 5) is 60.9. The zero-order valence-corrected chi connectivity index (χ0v) is 36.0. The zero-order chi connectivity index (χ0) is 41.2. The number of esters is 1. The van der Waals surface area contributed by atoms with Crippen LogP contribution < -0.4 is 16.0 Å². The fourth-order valence-electron chi connectivity index (χ4n) is 6.81. The van der Waals surface area contributed by atoms with E-state index in [2.05, 4.69) is 36.7 Å². The number of ether oxygens (including phenoxy) is 2. The molecular formula is C42H69N5O7S. The molecule has 4 N–H and O–H groups in total. The number of likely N-dealkylation sites (N-methyl/N-ethyl adjacent to an activating group) is 1. The Kier molecular flexibility index (Phi) is 20.9. The second-order valence-electron chi connectivity index (χ2n) is 15.2. The molecule has 0 unspecified atom stereocenters. The van der Waals surface area contributed by atoms with Crippen LogP contribution in [0.2, 0.25) is 0 Å². The van der Waals surface area contributed by atoms with Crippen LogP contribution in [0.4, 0.5) is 0 Å². The summed E-state index contributed by atoms with van der Waals surface area (Å²) in [5.74, 6) is -1.24. The Morgan fingerprint density at radius 3 is 2.07 bits per heavy atom. The number of phenols is 1. The van der Waals surface area contributed by atoms with Crippen molar-refractivity contribution in [1.29, 1.82) is 0 Å². The molecule has 0 aliphatic carbocycles. The average Bonchev–Trinajstić information content (AvgIpc) is 3.67. The fourth-order valence-corrected chi connectivity index (χ4v) is 7.67. The van der Waals surface area contributed by atoms with E-state index in [1.807, 2.05) is 39.5 Å². The van der Waals surface area contributed by atoms with Crippen LogP contribution in [0.1, 0.15) is 128 Å². The Balaban J connectivity index is 2.42. The molecule has 1 aromatic heterocycles. The van der Waals surface area contributed by atoms with Crippen molar-refractivity contribution in [3.05, 3.63) is 45.9 Å². The molecule has 0 saturated heterocycles. The third-order valence-electron chi connectivity index (χ3n) is 10.5. The highest BCUT2D eigenvalue weighted by Crippen LogP contribution is 2.32. The molecule has 3 amide bonds. The molecule has 55 heavy (non-hydrogen) atoms. The molecule has 0 radical (unpaired) electrons. The largest absolute Gasteiger partial charge is 0.508 e. The number of phenolic OH excluding ortho intramolecular Hbond substituents is 1. The topological polar surface area (TPSA) is 159 Å². The van der Waals surface area contributed by atoms with E-state index in [1.54, 1.807) is 43.6 Å². The molecule has 12 nitrogen and oxygen atoms in total. The molecule has 1 aromatic carbocycles. The van der Waals surface area contributed by atoms with Crippen molar-refractivity contribution in [3.63, 3.8) is 0 Å². The second kappa shape index (κ2) is 24.2. The lowest BCUT2D eigenvalue weighted by molar-refractivity contribution is -0.145. The van der Waals surface area contributed by atoms with Gasteiger partial charge in [0.1, 0.15) is 28.6 Å². The Hall–Kier alpha value is -3.55. The van der Waals surface area contributed by atoms with Crippen LogP contribution in [0.25, 0.3) is 0 Å². The Labute approximate surface area is 333 Å². The van der Waals surface area contributed by atoms with Gasteiger partial charge in [-0.15, -0.1) is 11.3 Å². The molecule has 13 heteroatoms. The minimum Gasteiger partial charge on any atom is -0.508 e. The number of hydrogen-bond donors (Lipinski definition) is 4. The number of thiazole rings is 1. The highest BCUT2D eigenvalue weighted by molar-refractivity contribution is 7.09. The van der Waals surface area contributed by atoms with Crippen LogP contribution in [0.5, 0.6) is 5.75 Å². The lowest BCUT2D eigenvalue weighted by Gasteiger charge is -2.39. The minimum absolute atomic E-state index is 0.0573. The normalized spacial score (nSPS) is 15.9. The fraction of sp³-hybridized carbons (Fsp3) is 0.690. The average molecular weight is 788 g/mol. The van der Waals surface area contributed by atoms with E-state index in [0.29, 0.717) is 37.4 Å². The molecule has 0 fully saturated rings. The number of benzene rings is 1. The van der Waals surface area contributed by atoms with Crippen LogP contribution in [-0.2, 0) is 30.3 Å². The highest BCUT2D eigenvalue weighted by atomic mass is 32.1. The molecule has 0 aliphatic rings. The number of aromatic nitrogens is 1. The van der Waals surface area contributed by atoms with E-state index in [4.69, 9.17) is 14.5 Å². The molecule has 1 heterocycles. The first kappa shape index (κ1) is 47.6. The van der Waals surface area contributed by atoms with Crippen molar-refractivity contribution in [3.8, 4) is 5.75 Å². The number of hydrogen-bond acceptors (Lipinski definition) is 10. The predicted molar refractivity (Wildman–Crippen MR) is 219 cm³/mol. The maximum absolute atomic E-state index is 14.6. The third-order valence-corrected chi connectivity index (χ3v) is 11.4. The molecular weight excluding hydrogens is 719 g/mol. The summed E-state index contributed by atoms with van der Waals surface area (Å²) in [5.41, 5.74) is 1.14. The Morgan fingerprint density at radius 1 is 0.891 bits per heavy atom. The number of rotatable bonds is 25. The van der Waals surface area contributed by atoms with Gasteiger partial charge in [-0.05, 0) is 68.2 Å². The first-order chi connectivity index (χ1) is 26.1. The number of amides is 3. The second-order valence-corrected chi connectivity index (χ2v) is 16.1. The van der Waals surface area contributed by atoms with Crippen molar-refractivity contribution in [1.82, 2.24) is 25.8 Å². The van der Waals surface area contributed by atoms with Gasteiger partial charge in [0, 0.05) is 37.0 Å². The molecule has 0 saturated carbocycles. The van der Waals surface area contributed by atoms with Crippen molar-refractivity contribution in [2.75, 3.05) is 27.3 Å². The van der Waals surface area contributed by atoms with E-state index in [1.165, 1.54) is 18.4 Å². The first-order valence-electron chi connectivity index (χ1n) is 20.2. The monoisotopic (exact) mass is 787 g/mol. The lowest BCUT2D eigenvalue weighted by atomic mass is 9.91. The molecule has 0 spiro atoms. The van der Waals surface area contributed by atoms with Crippen molar-refractivity contribution in [2.24, 2.45) is 23.7 Å². The first-order valence-corrected chi connectivity index (χ1v) is 21.0. The summed E-state index contributed by atoms with van der Waals surface area (Å²) in [6.45, 7) is 19.2. The molecule has 310 valence electrons. The molecule has 0 aliphatic heterocycles. The summed E-state index contributed by atoms with van der Waals surface area (Å²) < 4.78 is 11.4. The number of carbonyl (C=O) groups is 4.